The molecule has 0 saturated carbocycles. The van der Waals surface area contributed by atoms with E-state index >= 15 is 0 Å². The van der Waals surface area contributed by atoms with Gasteiger partial charge in [0.05, 0.1) is 41.3 Å². The second kappa shape index (κ2) is 10.8. The second-order valence-electron chi connectivity index (χ2n) is 10.8. The third-order valence-corrected chi connectivity index (χ3v) is 7.66. The molecular weight excluding hydrogens is 520 g/mol. The number of aromatic amines is 1. The van der Waals surface area contributed by atoms with Crippen molar-refractivity contribution in [3.8, 4) is 5.88 Å². The van der Waals surface area contributed by atoms with Gasteiger partial charge in [-0.3, -0.25) is 9.69 Å². The molecule has 0 aliphatic carbocycles. The number of benzene rings is 3. The summed E-state index contributed by atoms with van der Waals surface area (Å²) in [6.07, 6.45) is 0.942. The summed E-state index contributed by atoms with van der Waals surface area (Å²) in [7, 11) is 0. The molecule has 1 fully saturated rings. The first-order valence-corrected chi connectivity index (χ1v) is 13.8. The summed E-state index contributed by atoms with van der Waals surface area (Å²) >= 11 is 0. The van der Waals surface area contributed by atoms with Crippen LogP contribution in [0.4, 0.5) is 11.4 Å². The number of nitrogens with one attached hydrogen (secondary N) is 1. The number of aliphatic imine (C=N–C) groups is 1. The summed E-state index contributed by atoms with van der Waals surface area (Å²) in [5, 5.41) is 21.0. The molecule has 9 heteroatoms. The number of carbonyl (C=O) groups is 2. The Kier molecular flexibility index (Phi) is 7.07. The summed E-state index contributed by atoms with van der Waals surface area (Å²) in [4.78, 5) is 36.7. The minimum atomic E-state index is -1.04. The maximum atomic E-state index is 13.3. The molecule has 9 nitrogen and oxygen atoms in total. The van der Waals surface area contributed by atoms with Crippen molar-refractivity contribution in [3.63, 3.8) is 0 Å². The van der Waals surface area contributed by atoms with E-state index in [0.717, 1.165) is 36.3 Å². The van der Waals surface area contributed by atoms with Crippen LogP contribution in [0.5, 0.6) is 5.88 Å². The molecule has 41 heavy (non-hydrogen) atoms. The van der Waals surface area contributed by atoms with Gasteiger partial charge in [-0.15, -0.1) is 0 Å². The topological polar surface area (TPSA) is 118 Å². The Balaban J connectivity index is 1.33. The fourth-order valence-electron chi connectivity index (χ4n) is 5.95. The van der Waals surface area contributed by atoms with Gasteiger partial charge in [-0.25, -0.2) is 9.79 Å². The zero-order chi connectivity index (χ0) is 28.7. The van der Waals surface area contributed by atoms with Crippen molar-refractivity contribution < 1.29 is 24.5 Å². The van der Waals surface area contributed by atoms with Crippen molar-refractivity contribution in [1.82, 2.24) is 9.88 Å². The van der Waals surface area contributed by atoms with Crippen LogP contribution >= 0.6 is 0 Å². The molecule has 0 radical (unpaired) electrons. The lowest BCUT2D eigenvalue weighted by Gasteiger charge is -2.35. The van der Waals surface area contributed by atoms with E-state index in [4.69, 9.17) is 9.73 Å². The molecule has 6 rings (SSSR count). The minimum Gasteiger partial charge on any atom is -0.494 e. The summed E-state index contributed by atoms with van der Waals surface area (Å²) in [5.74, 6) is -1.05. The predicted molar refractivity (Wildman–Crippen MR) is 158 cm³/mol. The number of aromatic carboxylic acids is 1. The lowest BCUT2D eigenvalue weighted by Crippen LogP contribution is -2.49. The van der Waals surface area contributed by atoms with E-state index in [1.807, 2.05) is 67.3 Å². The van der Waals surface area contributed by atoms with Gasteiger partial charge in [-0.2, -0.15) is 0 Å². The standard InChI is InChI=1S/C32H32N4O5/c1-19-16-35(17-20(2)41-19)18-28(37)36-13-12-22-14-24(9-11-27(22)36)33-30(21-6-4-3-5-7-21)29-25-10-8-23(32(39)40)15-26(25)34-31(29)38/h3-11,14-15,19-20,34,38H,12-13,16-18H2,1-2H3,(H,39,40). The predicted octanol–water partition coefficient (Wildman–Crippen LogP) is 4.74. The number of carbonyl (C=O) groups excluding carboxylic acids is 1. The number of aromatic hydroxyl groups is 1. The molecule has 0 spiro atoms. The average Bonchev–Trinajstić information content (AvgIpc) is 3.51. The van der Waals surface area contributed by atoms with Crippen LogP contribution in [0.2, 0.25) is 0 Å². The quantitative estimate of drug-likeness (QED) is 0.298. The van der Waals surface area contributed by atoms with E-state index < -0.39 is 5.97 Å². The van der Waals surface area contributed by atoms with Crippen molar-refractivity contribution >= 4 is 39.9 Å². The smallest absolute Gasteiger partial charge is 0.335 e. The first-order chi connectivity index (χ1) is 19.8. The Labute approximate surface area is 237 Å². The Morgan fingerprint density at radius 3 is 2.49 bits per heavy atom. The zero-order valence-corrected chi connectivity index (χ0v) is 23.0. The molecule has 4 aromatic rings. The molecule has 3 heterocycles. The number of hydrogen-bond donors (Lipinski definition) is 3. The van der Waals surface area contributed by atoms with Crippen molar-refractivity contribution in [1.29, 1.82) is 0 Å². The molecule has 1 aromatic heterocycles. The molecule has 1 saturated heterocycles. The third-order valence-electron chi connectivity index (χ3n) is 7.66. The number of morpholine rings is 1. The van der Waals surface area contributed by atoms with Crippen molar-refractivity contribution in [3.05, 3.63) is 89.0 Å². The molecular formula is C32H32N4O5. The molecule has 3 N–H and O–H groups in total. The van der Waals surface area contributed by atoms with Crippen LogP contribution in [0.3, 0.4) is 0 Å². The van der Waals surface area contributed by atoms with Gasteiger partial charge in [0.25, 0.3) is 0 Å². The maximum Gasteiger partial charge on any atom is 0.335 e. The van der Waals surface area contributed by atoms with Crippen molar-refractivity contribution in [2.45, 2.75) is 32.5 Å². The van der Waals surface area contributed by atoms with E-state index in [1.165, 1.54) is 12.1 Å². The Morgan fingerprint density at radius 2 is 1.76 bits per heavy atom. The first-order valence-electron chi connectivity index (χ1n) is 13.8. The Bertz CT molecular complexity index is 1650. The lowest BCUT2D eigenvalue weighted by molar-refractivity contribution is -0.123. The second-order valence-corrected chi connectivity index (χ2v) is 10.8. The number of hydrogen-bond acceptors (Lipinski definition) is 6. The SMILES string of the molecule is CC1CN(CC(=O)N2CCc3cc(N=C(c4ccccc4)c4c(O)[nH]c5cc(C(=O)O)ccc45)ccc32)CC(C)O1. The fourth-order valence-corrected chi connectivity index (χ4v) is 5.95. The maximum absolute atomic E-state index is 13.3. The molecule has 210 valence electrons. The minimum absolute atomic E-state index is 0.0794. The highest BCUT2D eigenvalue weighted by Gasteiger charge is 2.29. The number of anilines is 1. The Morgan fingerprint density at radius 1 is 1.00 bits per heavy atom. The van der Waals surface area contributed by atoms with Gasteiger partial charge >= 0.3 is 5.97 Å². The third kappa shape index (κ3) is 5.33. The van der Waals surface area contributed by atoms with Gasteiger partial charge in [0.1, 0.15) is 0 Å². The zero-order valence-electron chi connectivity index (χ0n) is 23.0. The molecule has 1 amide bonds. The summed E-state index contributed by atoms with van der Waals surface area (Å²) in [5.41, 5.74) is 5.13. The number of rotatable bonds is 6. The monoisotopic (exact) mass is 552 g/mol. The highest BCUT2D eigenvalue weighted by atomic mass is 16.5. The van der Waals surface area contributed by atoms with Crippen LogP contribution in [0.15, 0.2) is 71.7 Å². The number of ether oxygens (including phenoxy) is 1. The number of fused-ring (bicyclic) bond motifs is 2. The van der Waals surface area contributed by atoms with Crippen molar-refractivity contribution in [2.75, 3.05) is 31.1 Å². The van der Waals surface area contributed by atoms with Gasteiger partial charge in [-0.05, 0) is 56.2 Å². The van der Waals surface area contributed by atoms with Gasteiger partial charge in [0, 0.05) is 41.8 Å². The van der Waals surface area contributed by atoms with Crippen LogP contribution in [-0.2, 0) is 16.0 Å². The molecule has 2 atom stereocenters. The number of nitrogens with zero attached hydrogens (tertiary/aromatic N) is 3. The highest BCUT2D eigenvalue weighted by Crippen LogP contribution is 2.35. The molecule has 2 unspecified atom stereocenters. The molecule has 2 aliphatic rings. The average molecular weight is 553 g/mol. The van der Waals surface area contributed by atoms with Crippen LogP contribution in [0.1, 0.15) is 40.9 Å². The van der Waals surface area contributed by atoms with Crippen molar-refractivity contribution in [2.24, 2.45) is 4.99 Å². The number of carboxylic acids is 1. The molecule has 2 aliphatic heterocycles. The Hall–Kier alpha value is -4.47. The normalized spacial score (nSPS) is 19.5. The number of amides is 1. The summed E-state index contributed by atoms with van der Waals surface area (Å²) < 4.78 is 5.81. The van der Waals surface area contributed by atoms with Crippen LogP contribution < -0.4 is 4.90 Å². The van der Waals surface area contributed by atoms with Gasteiger partial charge in [0.2, 0.25) is 5.91 Å². The van der Waals surface area contributed by atoms with Gasteiger partial charge in [0.15, 0.2) is 5.88 Å². The van der Waals surface area contributed by atoms with Crippen LogP contribution in [0.25, 0.3) is 10.9 Å². The lowest BCUT2D eigenvalue weighted by atomic mass is 10.00. The van der Waals surface area contributed by atoms with E-state index in [-0.39, 0.29) is 29.6 Å². The summed E-state index contributed by atoms with van der Waals surface area (Å²) in [6, 6.07) is 20.1. The molecule has 3 aromatic carbocycles. The van der Waals surface area contributed by atoms with Gasteiger partial charge < -0.3 is 24.8 Å². The first kappa shape index (κ1) is 26.7. The number of carboxylic acid groups (broad SMARTS) is 1. The fraction of sp³-hybridized carbons (Fsp3) is 0.281. The molecule has 0 bridgehead atoms. The van der Waals surface area contributed by atoms with Crippen LogP contribution in [0, 0.1) is 0 Å². The van der Waals surface area contributed by atoms with E-state index in [9.17, 15) is 19.8 Å². The number of H-pyrrole nitrogens is 1. The van der Waals surface area contributed by atoms with E-state index in [2.05, 4.69) is 9.88 Å². The van der Waals surface area contributed by atoms with Crippen LogP contribution in [-0.4, -0.2) is 76.1 Å². The summed E-state index contributed by atoms with van der Waals surface area (Å²) in [6.45, 7) is 6.53. The van der Waals surface area contributed by atoms with Gasteiger partial charge in [-0.1, -0.05) is 36.4 Å². The van der Waals surface area contributed by atoms with E-state index in [0.29, 0.717) is 41.0 Å². The number of aromatic nitrogens is 1. The largest absolute Gasteiger partial charge is 0.494 e. The highest BCUT2D eigenvalue weighted by molar-refractivity contribution is 6.22. The van der Waals surface area contributed by atoms with E-state index in [1.54, 1.807) is 6.07 Å².